The zero-order chi connectivity index (χ0) is 8.69. The van der Waals surface area contributed by atoms with Crippen LogP contribution in [0.25, 0.3) is 0 Å². The van der Waals surface area contributed by atoms with E-state index in [-0.39, 0.29) is 23.6 Å². The minimum absolute atomic E-state index is 0.0175. The molecule has 0 amide bonds. The molecule has 0 heterocycles. The van der Waals surface area contributed by atoms with Crippen molar-refractivity contribution in [2.45, 2.75) is 23.9 Å². The molecule has 0 radical (unpaired) electrons. The summed E-state index contributed by atoms with van der Waals surface area (Å²) in [6.07, 6.45) is 0. The highest BCUT2D eigenvalue weighted by Crippen LogP contribution is 2.01. The highest BCUT2D eigenvalue weighted by molar-refractivity contribution is 9.09. The summed E-state index contributed by atoms with van der Waals surface area (Å²) in [4.78, 5) is 0. The lowest BCUT2D eigenvalue weighted by atomic mass is 10.9. The summed E-state index contributed by atoms with van der Waals surface area (Å²) >= 11 is 6.41. The Balaban J connectivity index is 2.91. The van der Waals surface area contributed by atoms with Crippen LogP contribution in [0.3, 0.4) is 0 Å². The van der Waals surface area contributed by atoms with E-state index in [1.807, 2.05) is 13.8 Å². The highest BCUT2D eigenvalue weighted by atomic mass is 79.9. The SMILES string of the molecule is CC(Br)OCOCOC(C)Br. The minimum Gasteiger partial charge on any atom is -0.341 e. The van der Waals surface area contributed by atoms with Crippen LogP contribution in [-0.2, 0) is 14.2 Å². The second-order valence-electron chi connectivity index (χ2n) is 1.86. The van der Waals surface area contributed by atoms with Gasteiger partial charge in [0.25, 0.3) is 0 Å². The van der Waals surface area contributed by atoms with Crippen molar-refractivity contribution in [3.63, 3.8) is 0 Å². The van der Waals surface area contributed by atoms with Crippen LogP contribution < -0.4 is 0 Å². The van der Waals surface area contributed by atoms with Crippen LogP contribution in [-0.4, -0.2) is 23.6 Å². The molecule has 0 saturated carbocycles. The van der Waals surface area contributed by atoms with Gasteiger partial charge in [-0.15, -0.1) is 0 Å². The topological polar surface area (TPSA) is 27.7 Å². The third kappa shape index (κ3) is 10.8. The molecule has 0 rings (SSSR count). The molecular formula is C6H12Br2O3. The van der Waals surface area contributed by atoms with Crippen LogP contribution in [0, 0.1) is 0 Å². The van der Waals surface area contributed by atoms with E-state index < -0.39 is 0 Å². The monoisotopic (exact) mass is 290 g/mol. The van der Waals surface area contributed by atoms with E-state index in [2.05, 4.69) is 31.9 Å². The summed E-state index contributed by atoms with van der Waals surface area (Å²) in [6.45, 7) is 4.23. The third-order valence-corrected chi connectivity index (χ3v) is 1.29. The summed E-state index contributed by atoms with van der Waals surface area (Å²) < 4.78 is 15.0. The van der Waals surface area contributed by atoms with Crippen molar-refractivity contribution in [1.82, 2.24) is 0 Å². The molecule has 0 spiro atoms. The van der Waals surface area contributed by atoms with E-state index >= 15 is 0 Å². The number of rotatable bonds is 6. The molecule has 3 nitrogen and oxygen atoms in total. The van der Waals surface area contributed by atoms with Gasteiger partial charge >= 0.3 is 0 Å². The van der Waals surface area contributed by atoms with E-state index in [4.69, 9.17) is 14.2 Å². The average Bonchev–Trinajstić information content (AvgIpc) is 1.85. The van der Waals surface area contributed by atoms with Gasteiger partial charge in [0.2, 0.25) is 0 Å². The van der Waals surface area contributed by atoms with Crippen molar-refractivity contribution in [3.05, 3.63) is 0 Å². The van der Waals surface area contributed by atoms with Gasteiger partial charge in [-0.3, -0.25) is 0 Å². The van der Waals surface area contributed by atoms with Crippen LogP contribution in [0.1, 0.15) is 13.8 Å². The van der Waals surface area contributed by atoms with Gasteiger partial charge in [-0.25, -0.2) is 0 Å². The molecular weight excluding hydrogens is 280 g/mol. The van der Waals surface area contributed by atoms with E-state index in [0.717, 1.165) is 0 Å². The predicted octanol–water partition coefficient (Wildman–Crippen LogP) is 2.43. The number of hydrogen-bond acceptors (Lipinski definition) is 3. The molecule has 0 aromatic heterocycles. The van der Waals surface area contributed by atoms with Crippen molar-refractivity contribution in [1.29, 1.82) is 0 Å². The Morgan fingerprint density at radius 3 is 1.64 bits per heavy atom. The molecule has 68 valence electrons. The van der Waals surface area contributed by atoms with Gasteiger partial charge in [0, 0.05) is 0 Å². The molecule has 0 aliphatic carbocycles. The Bertz CT molecular complexity index is 77.9. The first kappa shape index (κ1) is 11.8. The Kier molecular flexibility index (Phi) is 8.06. The lowest BCUT2D eigenvalue weighted by Gasteiger charge is -2.08. The fourth-order valence-electron chi connectivity index (χ4n) is 0.318. The van der Waals surface area contributed by atoms with Crippen molar-refractivity contribution < 1.29 is 14.2 Å². The molecule has 0 N–H and O–H groups in total. The average molecular weight is 292 g/mol. The largest absolute Gasteiger partial charge is 0.341 e. The second-order valence-corrected chi connectivity index (χ2v) is 4.44. The lowest BCUT2D eigenvalue weighted by Crippen LogP contribution is -2.09. The van der Waals surface area contributed by atoms with E-state index in [0.29, 0.717) is 0 Å². The number of ether oxygens (including phenoxy) is 3. The quantitative estimate of drug-likeness (QED) is 0.427. The molecule has 0 aliphatic heterocycles. The summed E-state index contributed by atoms with van der Waals surface area (Å²) in [6, 6.07) is 0. The molecule has 2 unspecified atom stereocenters. The Hall–Kier alpha value is 0.840. The maximum Gasteiger partial charge on any atom is 0.151 e. The predicted molar refractivity (Wildman–Crippen MR) is 49.8 cm³/mol. The molecule has 0 aliphatic rings. The van der Waals surface area contributed by atoms with Gasteiger partial charge in [0.15, 0.2) is 13.6 Å². The molecule has 0 aromatic rings. The van der Waals surface area contributed by atoms with Crippen molar-refractivity contribution in [2.24, 2.45) is 0 Å². The maximum atomic E-state index is 5.02. The summed E-state index contributed by atoms with van der Waals surface area (Å²) in [5.74, 6) is 0. The van der Waals surface area contributed by atoms with Gasteiger partial charge in [-0.2, -0.15) is 0 Å². The Labute approximate surface area is 83.6 Å². The molecule has 0 bridgehead atoms. The molecule has 0 fully saturated rings. The second kappa shape index (κ2) is 7.49. The van der Waals surface area contributed by atoms with Crippen LogP contribution in [0.2, 0.25) is 0 Å². The first-order valence-corrected chi connectivity index (χ1v) is 5.05. The number of halogens is 2. The summed E-state index contributed by atoms with van der Waals surface area (Å²) in [5, 5.41) is 0.0350. The Morgan fingerprint density at radius 2 is 1.36 bits per heavy atom. The number of hydrogen-bond donors (Lipinski definition) is 0. The molecule has 0 aromatic carbocycles. The summed E-state index contributed by atoms with van der Waals surface area (Å²) in [5.41, 5.74) is 0. The highest BCUT2D eigenvalue weighted by Gasteiger charge is 1.96. The number of alkyl halides is 2. The van der Waals surface area contributed by atoms with Gasteiger partial charge in [-0.1, -0.05) is 31.9 Å². The van der Waals surface area contributed by atoms with E-state index in [1.165, 1.54) is 0 Å². The van der Waals surface area contributed by atoms with Gasteiger partial charge in [-0.05, 0) is 13.8 Å². The van der Waals surface area contributed by atoms with E-state index in [1.54, 1.807) is 0 Å². The first-order chi connectivity index (χ1) is 5.13. The van der Waals surface area contributed by atoms with Gasteiger partial charge < -0.3 is 14.2 Å². The fraction of sp³-hybridized carbons (Fsp3) is 1.00. The van der Waals surface area contributed by atoms with Crippen LogP contribution in [0.5, 0.6) is 0 Å². The van der Waals surface area contributed by atoms with Crippen molar-refractivity contribution in [2.75, 3.05) is 13.6 Å². The lowest BCUT2D eigenvalue weighted by molar-refractivity contribution is -0.135. The van der Waals surface area contributed by atoms with E-state index in [9.17, 15) is 0 Å². The van der Waals surface area contributed by atoms with Crippen LogP contribution in [0.4, 0.5) is 0 Å². The molecule has 5 heteroatoms. The zero-order valence-electron chi connectivity index (χ0n) is 6.55. The smallest absolute Gasteiger partial charge is 0.151 e. The fourth-order valence-corrected chi connectivity index (χ4v) is 0.534. The normalized spacial score (nSPS) is 16.4. The first-order valence-electron chi connectivity index (χ1n) is 3.22. The van der Waals surface area contributed by atoms with Crippen molar-refractivity contribution in [3.8, 4) is 0 Å². The standard InChI is InChI=1S/C6H12Br2O3/c1-5(7)10-3-9-4-11-6(2)8/h5-6H,3-4H2,1-2H3. The maximum absolute atomic E-state index is 5.02. The minimum atomic E-state index is 0.0175. The van der Waals surface area contributed by atoms with Crippen LogP contribution in [0.15, 0.2) is 0 Å². The van der Waals surface area contributed by atoms with Crippen molar-refractivity contribution >= 4 is 31.9 Å². The van der Waals surface area contributed by atoms with Gasteiger partial charge in [0.1, 0.15) is 10.0 Å². The molecule has 0 saturated heterocycles. The Morgan fingerprint density at radius 1 is 1.00 bits per heavy atom. The van der Waals surface area contributed by atoms with Gasteiger partial charge in [0.05, 0.1) is 0 Å². The van der Waals surface area contributed by atoms with Crippen LogP contribution >= 0.6 is 31.9 Å². The third-order valence-electron chi connectivity index (χ3n) is 0.762. The summed E-state index contributed by atoms with van der Waals surface area (Å²) in [7, 11) is 0. The molecule has 2 atom stereocenters. The zero-order valence-corrected chi connectivity index (χ0v) is 9.72. The molecule has 11 heavy (non-hydrogen) atoms.